The minimum atomic E-state index is -0.409. The van der Waals surface area contributed by atoms with Crippen LogP contribution in [0.1, 0.15) is 48.7 Å². The normalized spacial score (nSPS) is 21.4. The van der Waals surface area contributed by atoms with Gasteiger partial charge in [0.15, 0.2) is 0 Å². The highest BCUT2D eigenvalue weighted by Gasteiger charge is 2.33. The first-order valence-corrected chi connectivity index (χ1v) is 7.63. The monoisotopic (exact) mass is 353 g/mol. The summed E-state index contributed by atoms with van der Waals surface area (Å²) in [7, 11) is 0. The van der Waals surface area contributed by atoms with Gasteiger partial charge >= 0.3 is 0 Å². The van der Waals surface area contributed by atoms with Gasteiger partial charge in [0, 0.05) is 16.8 Å². The second-order valence-corrected chi connectivity index (χ2v) is 7.25. The maximum atomic E-state index is 12.3. The van der Waals surface area contributed by atoms with Crippen molar-refractivity contribution >= 4 is 42.1 Å². The Morgan fingerprint density at radius 3 is 2.38 bits per heavy atom. The lowest BCUT2D eigenvalue weighted by molar-refractivity contribution is -0.126. The van der Waals surface area contributed by atoms with Crippen LogP contribution in [0.4, 0.5) is 0 Å². The lowest BCUT2D eigenvalue weighted by Crippen LogP contribution is -2.43. The highest BCUT2D eigenvalue weighted by Crippen LogP contribution is 2.29. The van der Waals surface area contributed by atoms with Gasteiger partial charge in [0.2, 0.25) is 5.91 Å². The first-order chi connectivity index (χ1) is 8.79. The number of carbonyl (C=O) groups is 1. The van der Waals surface area contributed by atoms with E-state index in [9.17, 15) is 4.79 Å². The molecule has 1 aliphatic carbocycles. The molecule has 1 amide bonds. The van der Waals surface area contributed by atoms with Gasteiger partial charge in [-0.3, -0.25) is 4.79 Å². The fourth-order valence-electron chi connectivity index (χ4n) is 2.46. The fourth-order valence-corrected chi connectivity index (χ4v) is 3.43. The Morgan fingerprint density at radius 2 is 1.95 bits per heavy atom. The predicted molar refractivity (Wildman–Crippen MR) is 92.6 cm³/mol. The number of nitrogens with one attached hydrogen (secondary N) is 1. The van der Waals surface area contributed by atoms with E-state index in [0.717, 1.165) is 30.0 Å². The van der Waals surface area contributed by atoms with Crippen molar-refractivity contribution < 1.29 is 4.79 Å². The Labute approximate surface area is 143 Å². The molecule has 0 radical (unpaired) electrons. The average Bonchev–Trinajstić information content (AvgIpc) is 2.86. The molecule has 3 N–H and O–H groups in total. The first-order valence-electron chi connectivity index (χ1n) is 6.81. The fraction of sp³-hybridized carbons (Fsp3) is 0.714. The third-order valence-electron chi connectivity index (χ3n) is 3.84. The van der Waals surface area contributed by atoms with Gasteiger partial charge in [-0.1, -0.05) is 0 Å². The molecule has 0 bridgehead atoms. The number of aromatic nitrogens is 1. The largest absolute Gasteiger partial charge is 0.344 e. The molecule has 2 rings (SSSR count). The molecule has 122 valence electrons. The number of thiazole rings is 1. The SMILES string of the molecule is Cc1nc(C(C)(C)NC(=O)C2CCC(N)C2)sc1C.Cl.Cl. The van der Waals surface area contributed by atoms with E-state index in [4.69, 9.17) is 5.73 Å². The van der Waals surface area contributed by atoms with E-state index in [1.165, 1.54) is 4.88 Å². The molecule has 1 fully saturated rings. The molecule has 1 aromatic rings. The molecule has 1 aliphatic rings. The van der Waals surface area contributed by atoms with Gasteiger partial charge < -0.3 is 11.1 Å². The molecule has 21 heavy (non-hydrogen) atoms. The van der Waals surface area contributed by atoms with E-state index < -0.39 is 5.54 Å². The summed E-state index contributed by atoms with van der Waals surface area (Å²) in [4.78, 5) is 18.0. The van der Waals surface area contributed by atoms with Crippen LogP contribution in [0, 0.1) is 19.8 Å². The van der Waals surface area contributed by atoms with E-state index >= 15 is 0 Å². The van der Waals surface area contributed by atoms with Gasteiger partial charge in [-0.05, 0) is 47.0 Å². The number of halogens is 2. The van der Waals surface area contributed by atoms with Crippen molar-refractivity contribution in [2.75, 3.05) is 0 Å². The van der Waals surface area contributed by atoms with E-state index in [0.29, 0.717) is 0 Å². The summed E-state index contributed by atoms with van der Waals surface area (Å²) in [6, 6.07) is 0.184. The Hall–Kier alpha value is -0.360. The Balaban J connectivity index is 0.00000200. The van der Waals surface area contributed by atoms with Gasteiger partial charge in [0.1, 0.15) is 5.01 Å². The summed E-state index contributed by atoms with van der Waals surface area (Å²) in [5.41, 5.74) is 6.51. The molecule has 1 saturated carbocycles. The molecular formula is C14H25Cl2N3OS. The zero-order valence-electron chi connectivity index (χ0n) is 12.9. The topological polar surface area (TPSA) is 68.0 Å². The Bertz CT molecular complexity index is 471. The summed E-state index contributed by atoms with van der Waals surface area (Å²) >= 11 is 1.66. The van der Waals surface area contributed by atoms with Crippen molar-refractivity contribution in [3.8, 4) is 0 Å². The van der Waals surface area contributed by atoms with Crippen LogP contribution in [-0.2, 0) is 10.3 Å². The van der Waals surface area contributed by atoms with Crippen LogP contribution in [0.2, 0.25) is 0 Å². The summed E-state index contributed by atoms with van der Waals surface area (Å²) < 4.78 is 0. The quantitative estimate of drug-likeness (QED) is 0.877. The molecule has 1 heterocycles. The van der Waals surface area contributed by atoms with Crippen LogP contribution in [0.15, 0.2) is 0 Å². The van der Waals surface area contributed by atoms with Crippen molar-refractivity contribution in [2.24, 2.45) is 11.7 Å². The number of nitrogens with zero attached hydrogens (tertiary/aromatic N) is 1. The molecule has 0 saturated heterocycles. The van der Waals surface area contributed by atoms with Crippen LogP contribution in [0.3, 0.4) is 0 Å². The summed E-state index contributed by atoms with van der Waals surface area (Å²) in [5.74, 6) is 0.180. The second-order valence-electron chi connectivity index (χ2n) is 6.04. The summed E-state index contributed by atoms with van der Waals surface area (Å²) in [6.07, 6.45) is 2.66. The van der Waals surface area contributed by atoms with Gasteiger partial charge in [0.05, 0.1) is 11.2 Å². The molecule has 0 aliphatic heterocycles. The zero-order chi connectivity index (χ0) is 14.2. The van der Waals surface area contributed by atoms with Gasteiger partial charge in [-0.15, -0.1) is 36.2 Å². The lowest BCUT2D eigenvalue weighted by atomic mass is 10.0. The van der Waals surface area contributed by atoms with Crippen molar-refractivity contribution in [3.05, 3.63) is 15.6 Å². The number of carbonyl (C=O) groups excluding carboxylic acids is 1. The third kappa shape index (κ3) is 4.81. The van der Waals surface area contributed by atoms with Crippen molar-refractivity contribution in [1.82, 2.24) is 10.3 Å². The highest BCUT2D eigenvalue weighted by atomic mass is 35.5. The number of hydrogen-bond acceptors (Lipinski definition) is 4. The number of rotatable bonds is 3. The smallest absolute Gasteiger partial charge is 0.223 e. The Kier molecular flexibility index (Phi) is 7.63. The Morgan fingerprint density at radius 1 is 1.33 bits per heavy atom. The van der Waals surface area contributed by atoms with Crippen LogP contribution in [-0.4, -0.2) is 16.9 Å². The van der Waals surface area contributed by atoms with Gasteiger partial charge in [-0.25, -0.2) is 4.98 Å². The van der Waals surface area contributed by atoms with E-state index in [1.807, 2.05) is 20.8 Å². The number of hydrogen-bond donors (Lipinski definition) is 2. The number of amides is 1. The van der Waals surface area contributed by atoms with Crippen molar-refractivity contribution in [2.45, 2.75) is 58.5 Å². The van der Waals surface area contributed by atoms with Crippen LogP contribution < -0.4 is 11.1 Å². The standard InChI is InChI=1S/C14H23N3OS.2ClH/c1-8-9(2)19-13(16-8)14(3,4)17-12(18)10-5-6-11(15)7-10;;/h10-11H,5-7,15H2,1-4H3,(H,17,18);2*1H. The minimum Gasteiger partial charge on any atom is -0.344 e. The summed E-state index contributed by atoms with van der Waals surface area (Å²) in [6.45, 7) is 8.09. The molecule has 0 aromatic carbocycles. The van der Waals surface area contributed by atoms with Gasteiger partial charge in [0.25, 0.3) is 0 Å². The van der Waals surface area contributed by atoms with E-state index in [-0.39, 0.29) is 42.7 Å². The molecule has 1 aromatic heterocycles. The molecule has 2 unspecified atom stereocenters. The van der Waals surface area contributed by atoms with E-state index in [1.54, 1.807) is 11.3 Å². The van der Waals surface area contributed by atoms with E-state index in [2.05, 4.69) is 17.2 Å². The van der Waals surface area contributed by atoms with Crippen LogP contribution in [0.5, 0.6) is 0 Å². The maximum Gasteiger partial charge on any atom is 0.223 e. The first kappa shape index (κ1) is 20.6. The van der Waals surface area contributed by atoms with Gasteiger partial charge in [-0.2, -0.15) is 0 Å². The predicted octanol–water partition coefficient (Wildman–Crippen LogP) is 3.08. The average molecular weight is 354 g/mol. The zero-order valence-corrected chi connectivity index (χ0v) is 15.4. The van der Waals surface area contributed by atoms with Crippen molar-refractivity contribution in [1.29, 1.82) is 0 Å². The molecule has 2 atom stereocenters. The maximum absolute atomic E-state index is 12.3. The summed E-state index contributed by atoms with van der Waals surface area (Å²) in [5, 5.41) is 4.10. The lowest BCUT2D eigenvalue weighted by Gasteiger charge is -2.25. The van der Waals surface area contributed by atoms with Crippen LogP contribution in [0.25, 0.3) is 0 Å². The second kappa shape index (κ2) is 7.77. The number of aryl methyl sites for hydroxylation is 2. The highest BCUT2D eigenvalue weighted by molar-refractivity contribution is 7.11. The van der Waals surface area contributed by atoms with Crippen molar-refractivity contribution in [3.63, 3.8) is 0 Å². The molecule has 4 nitrogen and oxygen atoms in total. The molecular weight excluding hydrogens is 329 g/mol. The van der Waals surface area contributed by atoms with Crippen LogP contribution >= 0.6 is 36.2 Å². The molecule has 0 spiro atoms. The minimum absolute atomic E-state index is 0. The third-order valence-corrected chi connectivity index (χ3v) is 5.24. The number of nitrogens with two attached hydrogens (primary N) is 1. The molecule has 7 heteroatoms.